The molecule has 6 heteroatoms. The summed E-state index contributed by atoms with van der Waals surface area (Å²) < 4.78 is 18.5. The Kier molecular flexibility index (Phi) is 4.61. The average molecular weight is 337 g/mol. The first kappa shape index (κ1) is 16.4. The largest absolute Gasteiger partial charge is 0.398 e. The third-order valence-corrected chi connectivity index (χ3v) is 3.68. The van der Waals surface area contributed by atoms with Crippen LogP contribution >= 0.6 is 0 Å². The number of benzene rings is 2. The SMILES string of the molecule is CNC(=O)c1c(-c2ccc(F)cc2)noc1/C=C(\N)c1ccccc1. The lowest BCUT2D eigenvalue weighted by Crippen LogP contribution is -2.19. The predicted octanol–water partition coefficient (Wildman–Crippen LogP) is 3.30. The van der Waals surface area contributed by atoms with Crippen molar-refractivity contribution in [3.63, 3.8) is 0 Å². The van der Waals surface area contributed by atoms with Crippen LogP contribution in [0, 0.1) is 5.82 Å². The molecule has 0 fully saturated rings. The molecule has 3 aromatic rings. The van der Waals surface area contributed by atoms with E-state index in [0.717, 1.165) is 5.56 Å². The highest BCUT2D eigenvalue weighted by Crippen LogP contribution is 2.28. The summed E-state index contributed by atoms with van der Waals surface area (Å²) >= 11 is 0. The van der Waals surface area contributed by atoms with Gasteiger partial charge in [-0.05, 0) is 29.8 Å². The summed E-state index contributed by atoms with van der Waals surface area (Å²) in [5, 5.41) is 6.53. The van der Waals surface area contributed by atoms with Crippen LogP contribution in [0.2, 0.25) is 0 Å². The number of carbonyl (C=O) groups excluding carboxylic acids is 1. The highest BCUT2D eigenvalue weighted by Gasteiger charge is 2.22. The van der Waals surface area contributed by atoms with Crippen LogP contribution in [0.5, 0.6) is 0 Å². The first-order valence-electron chi connectivity index (χ1n) is 7.60. The van der Waals surface area contributed by atoms with Crippen molar-refractivity contribution >= 4 is 17.7 Å². The van der Waals surface area contributed by atoms with Crippen molar-refractivity contribution in [2.24, 2.45) is 5.73 Å². The highest BCUT2D eigenvalue weighted by molar-refractivity contribution is 6.03. The van der Waals surface area contributed by atoms with Gasteiger partial charge in [0, 0.05) is 24.4 Å². The van der Waals surface area contributed by atoms with Crippen molar-refractivity contribution in [3.8, 4) is 11.3 Å². The van der Waals surface area contributed by atoms with Gasteiger partial charge in [-0.1, -0.05) is 35.5 Å². The van der Waals surface area contributed by atoms with Crippen molar-refractivity contribution in [2.45, 2.75) is 0 Å². The molecule has 0 aliphatic rings. The molecule has 0 radical (unpaired) electrons. The number of hydrogen-bond donors (Lipinski definition) is 2. The zero-order chi connectivity index (χ0) is 17.8. The van der Waals surface area contributed by atoms with Gasteiger partial charge in [0.15, 0.2) is 5.76 Å². The monoisotopic (exact) mass is 337 g/mol. The maximum atomic E-state index is 13.1. The maximum absolute atomic E-state index is 13.1. The molecule has 126 valence electrons. The predicted molar refractivity (Wildman–Crippen MR) is 93.8 cm³/mol. The number of amides is 1. The van der Waals surface area contributed by atoms with E-state index in [-0.39, 0.29) is 23.0 Å². The quantitative estimate of drug-likeness (QED) is 0.765. The molecule has 25 heavy (non-hydrogen) atoms. The molecule has 0 atom stereocenters. The van der Waals surface area contributed by atoms with E-state index < -0.39 is 0 Å². The molecule has 1 amide bonds. The zero-order valence-electron chi connectivity index (χ0n) is 13.5. The first-order chi connectivity index (χ1) is 12.1. The topological polar surface area (TPSA) is 81.2 Å². The smallest absolute Gasteiger partial charge is 0.257 e. The number of nitrogens with zero attached hydrogens (tertiary/aromatic N) is 1. The Morgan fingerprint density at radius 3 is 2.48 bits per heavy atom. The summed E-state index contributed by atoms with van der Waals surface area (Å²) in [7, 11) is 1.51. The molecule has 0 saturated carbocycles. The molecule has 5 nitrogen and oxygen atoms in total. The van der Waals surface area contributed by atoms with E-state index in [1.165, 1.54) is 31.3 Å². The van der Waals surface area contributed by atoms with E-state index in [1.54, 1.807) is 6.08 Å². The Labute approximate surface area is 143 Å². The maximum Gasteiger partial charge on any atom is 0.257 e. The number of nitrogens with one attached hydrogen (secondary N) is 1. The van der Waals surface area contributed by atoms with E-state index in [9.17, 15) is 9.18 Å². The second kappa shape index (κ2) is 7.00. The molecule has 3 rings (SSSR count). The number of aromatic nitrogens is 1. The van der Waals surface area contributed by atoms with Crippen LogP contribution in [0.4, 0.5) is 4.39 Å². The van der Waals surface area contributed by atoms with Gasteiger partial charge < -0.3 is 15.6 Å². The van der Waals surface area contributed by atoms with Crippen LogP contribution in [0.1, 0.15) is 21.7 Å². The first-order valence-corrected chi connectivity index (χ1v) is 7.60. The zero-order valence-corrected chi connectivity index (χ0v) is 13.5. The van der Waals surface area contributed by atoms with Gasteiger partial charge in [0.25, 0.3) is 5.91 Å². The fourth-order valence-corrected chi connectivity index (χ4v) is 2.41. The van der Waals surface area contributed by atoms with Crippen LogP contribution in [-0.2, 0) is 0 Å². The molecular formula is C19H16FN3O2. The van der Waals surface area contributed by atoms with Gasteiger partial charge in [-0.15, -0.1) is 0 Å². The second-order valence-electron chi connectivity index (χ2n) is 5.32. The minimum Gasteiger partial charge on any atom is -0.398 e. The van der Waals surface area contributed by atoms with Gasteiger partial charge in [0.2, 0.25) is 0 Å². The van der Waals surface area contributed by atoms with Gasteiger partial charge in [0.05, 0.1) is 0 Å². The van der Waals surface area contributed by atoms with Crippen molar-refractivity contribution < 1.29 is 13.7 Å². The minimum absolute atomic E-state index is 0.236. The third kappa shape index (κ3) is 3.42. The van der Waals surface area contributed by atoms with Crippen molar-refractivity contribution in [1.82, 2.24) is 10.5 Å². The summed E-state index contributed by atoms with van der Waals surface area (Å²) in [5.74, 6) is -0.505. The summed E-state index contributed by atoms with van der Waals surface area (Å²) in [6, 6.07) is 15.0. The van der Waals surface area contributed by atoms with Crippen LogP contribution in [0.25, 0.3) is 23.0 Å². The minimum atomic E-state index is -0.373. The molecule has 2 aromatic carbocycles. The third-order valence-electron chi connectivity index (χ3n) is 3.68. The van der Waals surface area contributed by atoms with Crippen LogP contribution < -0.4 is 11.1 Å². The van der Waals surface area contributed by atoms with Crippen LogP contribution in [0.15, 0.2) is 59.1 Å². The highest BCUT2D eigenvalue weighted by atomic mass is 19.1. The summed E-state index contributed by atoms with van der Waals surface area (Å²) in [6.07, 6.45) is 1.56. The van der Waals surface area contributed by atoms with Gasteiger partial charge in [-0.25, -0.2) is 4.39 Å². The normalized spacial score (nSPS) is 11.4. The Hall–Kier alpha value is -3.41. The molecule has 1 heterocycles. The van der Waals surface area contributed by atoms with E-state index in [1.807, 2.05) is 30.3 Å². The van der Waals surface area contributed by atoms with Crippen LogP contribution in [-0.4, -0.2) is 18.1 Å². The van der Waals surface area contributed by atoms with Crippen molar-refractivity contribution in [3.05, 3.63) is 77.3 Å². The Morgan fingerprint density at radius 1 is 1.16 bits per heavy atom. The Balaban J connectivity index is 2.09. The summed E-state index contributed by atoms with van der Waals surface area (Å²) in [4.78, 5) is 12.3. The van der Waals surface area contributed by atoms with E-state index in [4.69, 9.17) is 10.3 Å². The van der Waals surface area contributed by atoms with E-state index in [0.29, 0.717) is 17.0 Å². The lowest BCUT2D eigenvalue weighted by molar-refractivity contribution is 0.0963. The van der Waals surface area contributed by atoms with E-state index >= 15 is 0 Å². The molecule has 0 spiro atoms. The lowest BCUT2D eigenvalue weighted by Gasteiger charge is -2.03. The second-order valence-corrected chi connectivity index (χ2v) is 5.32. The number of nitrogens with two attached hydrogens (primary N) is 1. The molecule has 0 bridgehead atoms. The molecule has 0 saturated heterocycles. The number of halogens is 1. The molecule has 0 unspecified atom stereocenters. The van der Waals surface area contributed by atoms with Crippen LogP contribution in [0.3, 0.4) is 0 Å². The van der Waals surface area contributed by atoms with Gasteiger partial charge in [0.1, 0.15) is 17.1 Å². The number of hydrogen-bond acceptors (Lipinski definition) is 4. The van der Waals surface area contributed by atoms with Crippen molar-refractivity contribution in [2.75, 3.05) is 7.05 Å². The Bertz CT molecular complexity index is 916. The fourth-order valence-electron chi connectivity index (χ4n) is 2.41. The molecule has 1 aromatic heterocycles. The molecular weight excluding hydrogens is 321 g/mol. The standard InChI is InChI=1S/C19H16FN3O2/c1-22-19(24)17-16(11-15(21)12-5-3-2-4-6-12)25-23-18(17)13-7-9-14(20)10-8-13/h2-11H,21H2,1H3,(H,22,24)/b15-11-. The Morgan fingerprint density at radius 2 is 1.84 bits per heavy atom. The number of carbonyl (C=O) groups is 1. The van der Waals surface area contributed by atoms with E-state index in [2.05, 4.69) is 10.5 Å². The number of rotatable bonds is 4. The fraction of sp³-hybridized carbons (Fsp3) is 0.0526. The molecule has 3 N–H and O–H groups in total. The van der Waals surface area contributed by atoms with Gasteiger partial charge in [-0.2, -0.15) is 0 Å². The summed E-state index contributed by atoms with van der Waals surface area (Å²) in [6.45, 7) is 0. The average Bonchev–Trinajstić information content (AvgIpc) is 3.06. The lowest BCUT2D eigenvalue weighted by atomic mass is 10.0. The van der Waals surface area contributed by atoms with Gasteiger partial charge in [-0.3, -0.25) is 4.79 Å². The summed E-state index contributed by atoms with van der Waals surface area (Å²) in [5.41, 5.74) is 8.47. The van der Waals surface area contributed by atoms with Crippen molar-refractivity contribution in [1.29, 1.82) is 0 Å². The molecule has 0 aliphatic heterocycles. The van der Waals surface area contributed by atoms with Gasteiger partial charge >= 0.3 is 0 Å². The molecule has 0 aliphatic carbocycles.